The monoisotopic (exact) mass is 526 g/mol. The van der Waals surface area contributed by atoms with Gasteiger partial charge in [-0.15, -0.1) is 0 Å². The third-order valence-electron chi connectivity index (χ3n) is 5.83. The van der Waals surface area contributed by atoms with Crippen molar-refractivity contribution in [2.24, 2.45) is 5.92 Å². The summed E-state index contributed by atoms with van der Waals surface area (Å²) in [4.78, 5) is 13.5. The lowest BCUT2D eigenvalue weighted by molar-refractivity contribution is -0.120. The number of carbonyl (C=O) groups excluding carboxylic acids is 1. The van der Waals surface area contributed by atoms with Crippen LogP contribution in [-0.2, 0) is 14.8 Å². The number of amides is 1. The van der Waals surface area contributed by atoms with Gasteiger partial charge in [0.2, 0.25) is 5.91 Å². The highest BCUT2D eigenvalue weighted by Crippen LogP contribution is 2.35. The van der Waals surface area contributed by atoms with Crippen LogP contribution in [-0.4, -0.2) is 42.2 Å². The Hall–Kier alpha value is -3.72. The van der Waals surface area contributed by atoms with E-state index in [0.717, 1.165) is 9.87 Å². The number of carbonyl (C=O) groups is 1. The molecule has 3 aromatic rings. The zero-order valence-electron chi connectivity index (χ0n) is 21.8. The Morgan fingerprint density at radius 2 is 1.49 bits per heavy atom. The summed E-state index contributed by atoms with van der Waals surface area (Å²) < 4.78 is 44.6. The van der Waals surface area contributed by atoms with Crippen molar-refractivity contribution in [1.82, 2.24) is 5.32 Å². The molecule has 0 spiro atoms. The first-order valence-corrected chi connectivity index (χ1v) is 13.4. The van der Waals surface area contributed by atoms with Crippen molar-refractivity contribution in [1.29, 1.82) is 0 Å². The summed E-state index contributed by atoms with van der Waals surface area (Å²) in [7, 11) is 0.407. The van der Waals surface area contributed by atoms with Crippen molar-refractivity contribution < 1.29 is 27.4 Å². The number of ether oxygens (including phenoxy) is 3. The molecule has 1 N–H and O–H groups in total. The van der Waals surface area contributed by atoms with Crippen LogP contribution in [0.5, 0.6) is 17.2 Å². The van der Waals surface area contributed by atoms with Gasteiger partial charge in [0.15, 0.2) is 0 Å². The van der Waals surface area contributed by atoms with Crippen LogP contribution < -0.4 is 23.8 Å². The number of anilines is 1. The lowest BCUT2D eigenvalue weighted by Gasteiger charge is -2.28. The Balaban J connectivity index is 2.00. The second-order valence-electron chi connectivity index (χ2n) is 8.89. The molecule has 8 nitrogen and oxygen atoms in total. The van der Waals surface area contributed by atoms with Crippen molar-refractivity contribution in [3.05, 3.63) is 78.4 Å². The number of nitrogens with zero attached hydrogens (tertiary/aromatic N) is 1. The first kappa shape index (κ1) is 27.9. The Labute approximate surface area is 219 Å². The van der Waals surface area contributed by atoms with Gasteiger partial charge >= 0.3 is 0 Å². The van der Waals surface area contributed by atoms with Gasteiger partial charge in [-0.1, -0.05) is 44.2 Å². The summed E-state index contributed by atoms with van der Waals surface area (Å²) >= 11 is 0. The summed E-state index contributed by atoms with van der Waals surface area (Å²) in [5, 5.41) is 3.03. The summed E-state index contributed by atoms with van der Waals surface area (Å²) in [6.07, 6.45) is 0.673. The molecule has 0 fully saturated rings. The van der Waals surface area contributed by atoms with Crippen LogP contribution in [0.4, 0.5) is 5.69 Å². The SMILES string of the molecule is COc1ccc([C@@H](CC(C)C)NC(=O)CN(c2cc(OC)ccc2OC)S(=O)(=O)c2ccccc2)cc1. The minimum Gasteiger partial charge on any atom is -0.497 e. The van der Waals surface area contributed by atoms with Gasteiger partial charge < -0.3 is 19.5 Å². The fourth-order valence-electron chi connectivity index (χ4n) is 3.97. The standard InChI is InChI=1S/C28H34N2O6S/c1-20(2)17-25(21-11-13-22(34-3)14-12-21)29-28(31)19-30(37(32,33)24-9-7-6-8-10-24)26-18-23(35-4)15-16-27(26)36-5/h6-16,18,20,25H,17,19H2,1-5H3,(H,29,31)/t25-/m1/s1. The van der Waals surface area contributed by atoms with Gasteiger partial charge in [-0.2, -0.15) is 0 Å². The van der Waals surface area contributed by atoms with Crippen molar-refractivity contribution in [2.45, 2.75) is 31.2 Å². The molecule has 3 aromatic carbocycles. The molecule has 37 heavy (non-hydrogen) atoms. The fraction of sp³-hybridized carbons (Fsp3) is 0.321. The average molecular weight is 527 g/mol. The van der Waals surface area contributed by atoms with Crippen molar-refractivity contribution in [3.63, 3.8) is 0 Å². The Morgan fingerprint density at radius 1 is 0.865 bits per heavy atom. The predicted octanol–water partition coefficient (Wildman–Crippen LogP) is 4.81. The molecular formula is C28H34N2O6S. The maximum Gasteiger partial charge on any atom is 0.264 e. The molecule has 9 heteroatoms. The van der Waals surface area contributed by atoms with E-state index in [1.807, 2.05) is 24.3 Å². The van der Waals surface area contributed by atoms with E-state index in [0.29, 0.717) is 23.7 Å². The smallest absolute Gasteiger partial charge is 0.264 e. The van der Waals surface area contributed by atoms with Gasteiger partial charge in [-0.3, -0.25) is 9.10 Å². The maximum atomic E-state index is 13.8. The topological polar surface area (TPSA) is 94.2 Å². The second kappa shape index (κ2) is 12.5. The fourth-order valence-corrected chi connectivity index (χ4v) is 5.41. The van der Waals surface area contributed by atoms with Gasteiger partial charge in [0.25, 0.3) is 10.0 Å². The van der Waals surface area contributed by atoms with E-state index in [2.05, 4.69) is 19.2 Å². The Bertz CT molecular complexity index is 1280. The van der Waals surface area contributed by atoms with Crippen molar-refractivity contribution in [3.8, 4) is 17.2 Å². The lowest BCUT2D eigenvalue weighted by atomic mass is 9.97. The summed E-state index contributed by atoms with van der Waals surface area (Å²) in [5.74, 6) is 1.27. The van der Waals surface area contributed by atoms with E-state index < -0.39 is 22.5 Å². The van der Waals surface area contributed by atoms with Gasteiger partial charge in [-0.05, 0) is 54.3 Å². The summed E-state index contributed by atoms with van der Waals surface area (Å²) in [5.41, 5.74) is 1.10. The van der Waals surface area contributed by atoms with Gasteiger partial charge in [0.05, 0.1) is 38.0 Å². The van der Waals surface area contributed by atoms with E-state index >= 15 is 0 Å². The number of benzene rings is 3. The predicted molar refractivity (Wildman–Crippen MR) is 144 cm³/mol. The molecular weight excluding hydrogens is 492 g/mol. The highest BCUT2D eigenvalue weighted by Gasteiger charge is 2.30. The van der Waals surface area contributed by atoms with Crippen molar-refractivity contribution in [2.75, 3.05) is 32.2 Å². The number of sulfonamides is 1. The van der Waals surface area contributed by atoms with Crippen molar-refractivity contribution >= 4 is 21.6 Å². The van der Waals surface area contributed by atoms with E-state index in [1.165, 1.54) is 26.4 Å². The molecule has 1 atom stereocenters. The molecule has 1 amide bonds. The number of nitrogens with one attached hydrogen (secondary N) is 1. The molecule has 0 heterocycles. The molecule has 3 rings (SSSR count). The maximum absolute atomic E-state index is 13.8. The highest BCUT2D eigenvalue weighted by atomic mass is 32.2. The molecule has 0 radical (unpaired) electrons. The van der Waals surface area contributed by atoms with Crippen LogP contribution in [0.3, 0.4) is 0 Å². The number of hydrogen-bond acceptors (Lipinski definition) is 6. The van der Waals surface area contributed by atoms with Crippen LogP contribution in [0, 0.1) is 5.92 Å². The Kier molecular flexibility index (Phi) is 9.41. The molecule has 0 saturated heterocycles. The second-order valence-corrected chi connectivity index (χ2v) is 10.7. The third kappa shape index (κ3) is 6.95. The molecule has 0 bridgehead atoms. The van der Waals surface area contributed by atoms with Gasteiger partial charge in [-0.25, -0.2) is 8.42 Å². The van der Waals surface area contributed by atoms with Crippen LogP contribution in [0.25, 0.3) is 0 Å². The van der Waals surface area contributed by atoms with E-state index in [9.17, 15) is 13.2 Å². The number of hydrogen-bond donors (Lipinski definition) is 1. The average Bonchev–Trinajstić information content (AvgIpc) is 2.91. The molecule has 0 saturated carbocycles. The highest BCUT2D eigenvalue weighted by molar-refractivity contribution is 7.92. The van der Waals surface area contributed by atoms with Crippen LogP contribution in [0.2, 0.25) is 0 Å². The first-order chi connectivity index (χ1) is 17.7. The molecule has 0 aliphatic carbocycles. The largest absolute Gasteiger partial charge is 0.497 e. The molecule has 0 aliphatic heterocycles. The van der Waals surface area contributed by atoms with Crippen LogP contribution >= 0.6 is 0 Å². The van der Waals surface area contributed by atoms with Crippen LogP contribution in [0.1, 0.15) is 31.9 Å². The minimum atomic E-state index is -4.12. The van der Waals surface area contributed by atoms with Gasteiger partial charge in [0, 0.05) is 6.07 Å². The third-order valence-corrected chi connectivity index (χ3v) is 7.61. The molecule has 0 aliphatic rings. The normalized spacial score (nSPS) is 12.1. The number of methoxy groups -OCH3 is 3. The minimum absolute atomic E-state index is 0.0570. The quantitative estimate of drug-likeness (QED) is 0.364. The first-order valence-electron chi connectivity index (χ1n) is 11.9. The summed E-state index contributed by atoms with van der Waals surface area (Å²) in [6.45, 7) is 3.68. The van der Waals surface area contributed by atoms with E-state index in [-0.39, 0.29) is 22.5 Å². The van der Waals surface area contributed by atoms with E-state index in [1.54, 1.807) is 43.5 Å². The van der Waals surface area contributed by atoms with Gasteiger partial charge in [0.1, 0.15) is 23.8 Å². The zero-order valence-corrected chi connectivity index (χ0v) is 22.6. The zero-order chi connectivity index (χ0) is 27.0. The molecule has 0 unspecified atom stereocenters. The lowest BCUT2D eigenvalue weighted by Crippen LogP contribution is -2.42. The molecule has 0 aromatic heterocycles. The van der Waals surface area contributed by atoms with E-state index in [4.69, 9.17) is 14.2 Å². The number of rotatable bonds is 12. The molecule has 198 valence electrons. The summed E-state index contributed by atoms with van der Waals surface area (Å²) in [6, 6.07) is 20.0. The van der Waals surface area contributed by atoms with Crippen LogP contribution in [0.15, 0.2) is 77.7 Å². The Morgan fingerprint density at radius 3 is 2.05 bits per heavy atom.